The molecule has 0 amide bonds. The Morgan fingerprint density at radius 3 is 2.77 bits per heavy atom. The zero-order valence-corrected chi connectivity index (χ0v) is 14.5. The van der Waals surface area contributed by atoms with Gasteiger partial charge in [-0.15, -0.1) is 0 Å². The highest BCUT2D eigenvalue weighted by Gasteiger charge is 2.47. The van der Waals surface area contributed by atoms with Gasteiger partial charge in [0.05, 0.1) is 11.4 Å². The highest BCUT2D eigenvalue weighted by molar-refractivity contribution is 9.09. The number of hydrogen-bond donors (Lipinski definition) is 0. The Labute approximate surface area is 139 Å². The van der Waals surface area contributed by atoms with Crippen LogP contribution in [-0.2, 0) is 5.41 Å². The lowest BCUT2D eigenvalue weighted by atomic mass is 9.85. The van der Waals surface area contributed by atoms with Gasteiger partial charge in [-0.3, -0.25) is 0 Å². The van der Waals surface area contributed by atoms with Crippen molar-refractivity contribution < 1.29 is 4.39 Å². The van der Waals surface area contributed by atoms with E-state index in [1.165, 1.54) is 30.9 Å². The molecule has 2 bridgehead atoms. The van der Waals surface area contributed by atoms with E-state index in [-0.39, 0.29) is 11.2 Å². The molecule has 22 heavy (non-hydrogen) atoms. The van der Waals surface area contributed by atoms with Crippen LogP contribution in [0, 0.1) is 5.82 Å². The van der Waals surface area contributed by atoms with E-state index in [0.29, 0.717) is 17.2 Å². The third-order valence-corrected chi connectivity index (χ3v) is 4.73. The molecule has 0 aliphatic heterocycles. The molecule has 2 aliphatic rings. The van der Waals surface area contributed by atoms with Crippen molar-refractivity contribution in [1.82, 2.24) is 10.2 Å². The zero-order chi connectivity index (χ0) is 15.7. The maximum absolute atomic E-state index is 13.8. The summed E-state index contributed by atoms with van der Waals surface area (Å²) in [5, 5.41) is 9.73. The van der Waals surface area contributed by atoms with Crippen LogP contribution in [-0.4, -0.2) is 15.5 Å². The summed E-state index contributed by atoms with van der Waals surface area (Å²) >= 11 is 3.15. The number of rotatable bonds is 1. The van der Waals surface area contributed by atoms with E-state index in [0.717, 1.165) is 11.0 Å². The first-order valence-electron chi connectivity index (χ1n) is 7.78. The molecule has 0 radical (unpaired) electrons. The Morgan fingerprint density at radius 1 is 1.32 bits per heavy atom. The Balaban J connectivity index is 0.000000446. The number of nitrogens with zero attached hydrogens (tertiary/aromatic N) is 2. The minimum Gasteiger partial charge on any atom is -0.206 e. The molecule has 116 valence electrons. The Kier molecular flexibility index (Phi) is 4.31. The normalized spacial score (nSPS) is 24.6. The number of aromatic nitrogens is 2. The van der Waals surface area contributed by atoms with Crippen LogP contribution in [0.25, 0.3) is 11.3 Å². The summed E-state index contributed by atoms with van der Waals surface area (Å²) in [4.78, 5) is 0. The van der Waals surface area contributed by atoms with Crippen LogP contribution in [0.15, 0.2) is 30.3 Å². The van der Waals surface area contributed by atoms with E-state index < -0.39 is 0 Å². The molecule has 1 fully saturated rings. The molecule has 1 heterocycles. The molecule has 0 unspecified atom stereocenters. The second-order valence-corrected chi connectivity index (χ2v) is 7.40. The van der Waals surface area contributed by atoms with Crippen LogP contribution in [0.2, 0.25) is 0 Å². The first-order chi connectivity index (χ1) is 10.6. The van der Waals surface area contributed by atoms with Gasteiger partial charge in [-0.05, 0) is 48.9 Å². The lowest BCUT2D eigenvalue weighted by molar-refractivity contribution is 0.484. The van der Waals surface area contributed by atoms with Crippen LogP contribution < -0.4 is 0 Å². The van der Waals surface area contributed by atoms with Gasteiger partial charge in [0.1, 0.15) is 5.82 Å². The first kappa shape index (κ1) is 15.6. The molecule has 2 nitrogen and oxygen atoms in total. The second-order valence-electron chi connectivity index (χ2n) is 6.28. The topological polar surface area (TPSA) is 25.8 Å². The summed E-state index contributed by atoms with van der Waals surface area (Å²) in [5.41, 5.74) is 3.85. The van der Waals surface area contributed by atoms with Crippen molar-refractivity contribution in [1.29, 1.82) is 0 Å². The van der Waals surface area contributed by atoms with Crippen molar-refractivity contribution in [3.63, 3.8) is 0 Å². The average Bonchev–Trinajstić information content (AvgIpc) is 3.03. The minimum absolute atomic E-state index is 0.209. The molecule has 0 saturated heterocycles. The second kappa shape index (κ2) is 6.07. The first-order valence-corrected chi connectivity index (χ1v) is 8.90. The van der Waals surface area contributed by atoms with Crippen molar-refractivity contribution >= 4 is 15.9 Å². The minimum atomic E-state index is -0.230. The number of hydrogen-bond acceptors (Lipinski definition) is 2. The van der Waals surface area contributed by atoms with Crippen molar-refractivity contribution in [2.45, 2.75) is 44.4 Å². The molecule has 1 saturated carbocycles. The average molecular weight is 363 g/mol. The van der Waals surface area contributed by atoms with Crippen LogP contribution in [0.3, 0.4) is 0 Å². The molecular weight excluding hydrogens is 343 g/mol. The van der Waals surface area contributed by atoms with Gasteiger partial charge in [0, 0.05) is 16.3 Å². The summed E-state index contributed by atoms with van der Waals surface area (Å²) in [5.74, 6) is 0.368. The molecule has 2 aliphatic carbocycles. The van der Waals surface area contributed by atoms with Crippen LogP contribution in [0.4, 0.5) is 4.39 Å². The summed E-state index contributed by atoms with van der Waals surface area (Å²) in [7, 11) is 0. The number of benzene rings is 1. The fraction of sp³-hybridized carbons (Fsp3) is 0.444. The van der Waals surface area contributed by atoms with Crippen molar-refractivity contribution in [2.24, 2.45) is 0 Å². The molecule has 1 aromatic heterocycles. The predicted molar refractivity (Wildman–Crippen MR) is 90.8 cm³/mol. The molecule has 2 aromatic rings. The lowest BCUT2D eigenvalue weighted by Crippen LogP contribution is -2.18. The van der Waals surface area contributed by atoms with Gasteiger partial charge in [-0.2, -0.15) is 10.2 Å². The van der Waals surface area contributed by atoms with Crippen LogP contribution in [0.5, 0.6) is 0 Å². The monoisotopic (exact) mass is 362 g/mol. The summed E-state index contributed by atoms with van der Waals surface area (Å²) < 4.78 is 13.8. The summed E-state index contributed by atoms with van der Waals surface area (Å²) in [6.07, 6.45) is 3.61. The van der Waals surface area contributed by atoms with Gasteiger partial charge in [0.25, 0.3) is 0 Å². The van der Waals surface area contributed by atoms with Crippen molar-refractivity contribution in [2.75, 3.05) is 5.33 Å². The molecule has 0 spiro atoms. The van der Waals surface area contributed by atoms with Gasteiger partial charge in [-0.1, -0.05) is 41.9 Å². The van der Waals surface area contributed by atoms with Crippen molar-refractivity contribution in [3.05, 3.63) is 47.4 Å². The van der Waals surface area contributed by atoms with Gasteiger partial charge in [-0.25, -0.2) is 4.39 Å². The Hall–Kier alpha value is -1.29. The summed E-state index contributed by atoms with van der Waals surface area (Å²) in [6, 6.07) is 8.82. The van der Waals surface area contributed by atoms with E-state index in [1.807, 2.05) is 13.0 Å². The third-order valence-electron chi connectivity index (χ3n) is 4.73. The van der Waals surface area contributed by atoms with E-state index >= 15 is 0 Å². The lowest BCUT2D eigenvalue weighted by Gasteiger charge is -2.22. The fourth-order valence-corrected chi connectivity index (χ4v) is 3.71. The zero-order valence-electron chi connectivity index (χ0n) is 12.9. The highest BCUT2D eigenvalue weighted by atomic mass is 79.9. The Bertz CT molecular complexity index is 689. The summed E-state index contributed by atoms with van der Waals surface area (Å²) in [6.45, 7) is 4.32. The standard InChI is InChI=1S/C16H15FN2.C2H5Br/c1-16-7-6-10(9-16)12-8-14(18-19-15(12)16)11-4-2-3-5-13(11)17;1-2-3/h2-5,8,10H,6-7,9H2,1H3;2H2,1H3/t10-,16+;/m0./s1. The molecule has 2 atom stereocenters. The van der Waals surface area contributed by atoms with E-state index in [2.05, 4.69) is 39.1 Å². The fourth-order valence-electron chi connectivity index (χ4n) is 3.71. The predicted octanol–water partition coefficient (Wildman–Crippen LogP) is 5.22. The van der Waals surface area contributed by atoms with Gasteiger partial charge >= 0.3 is 0 Å². The van der Waals surface area contributed by atoms with E-state index in [4.69, 9.17) is 0 Å². The number of fused-ring (bicyclic) bond motifs is 5. The maximum atomic E-state index is 13.8. The number of alkyl halides is 1. The Morgan fingerprint density at radius 2 is 2.05 bits per heavy atom. The quantitative estimate of drug-likeness (QED) is 0.649. The highest BCUT2D eigenvalue weighted by Crippen LogP contribution is 2.56. The van der Waals surface area contributed by atoms with Gasteiger partial charge in [0.15, 0.2) is 0 Å². The largest absolute Gasteiger partial charge is 0.206 e. The molecule has 1 aromatic carbocycles. The van der Waals surface area contributed by atoms with E-state index in [1.54, 1.807) is 12.1 Å². The van der Waals surface area contributed by atoms with Crippen LogP contribution in [0.1, 0.15) is 50.3 Å². The SMILES string of the molecule is CCBr.C[C@@]12CC[C@@H](C1)c1cc(-c3ccccc3F)nnc12. The molecule has 4 heteroatoms. The van der Waals surface area contributed by atoms with Gasteiger partial charge in [0.2, 0.25) is 0 Å². The molecule has 0 N–H and O–H groups in total. The smallest absolute Gasteiger partial charge is 0.132 e. The van der Waals surface area contributed by atoms with Crippen LogP contribution >= 0.6 is 15.9 Å². The molecular formula is C18H20BrFN2. The van der Waals surface area contributed by atoms with Gasteiger partial charge < -0.3 is 0 Å². The molecule has 4 rings (SSSR count). The third kappa shape index (κ3) is 2.58. The number of halogens is 2. The van der Waals surface area contributed by atoms with Crippen molar-refractivity contribution in [3.8, 4) is 11.3 Å². The maximum Gasteiger partial charge on any atom is 0.132 e. The van der Waals surface area contributed by atoms with E-state index in [9.17, 15) is 4.39 Å².